The largest absolute Gasteiger partial charge is 0.453 e. The number of nitrogens with zero attached hydrogens (tertiary/aromatic N) is 1. The molecule has 1 atom stereocenters. The zero-order valence-electron chi connectivity index (χ0n) is 9.37. The van der Waals surface area contributed by atoms with Gasteiger partial charge in [0.05, 0.1) is 7.11 Å². The van der Waals surface area contributed by atoms with Crippen molar-refractivity contribution in [2.75, 3.05) is 20.2 Å². The van der Waals surface area contributed by atoms with E-state index in [1.54, 1.807) is 0 Å². The van der Waals surface area contributed by atoms with Crippen LogP contribution in [0.25, 0.3) is 0 Å². The second-order valence-electron chi connectivity index (χ2n) is 4.55. The fourth-order valence-corrected chi connectivity index (χ4v) is 2.73. The number of carbonyl (C=O) groups is 1. The lowest BCUT2D eigenvalue weighted by Gasteiger charge is -2.23. The molecule has 1 saturated carbocycles. The molecule has 2 rings (SSSR count). The van der Waals surface area contributed by atoms with Gasteiger partial charge in [0, 0.05) is 25.2 Å². The van der Waals surface area contributed by atoms with Crippen molar-refractivity contribution < 1.29 is 9.53 Å². The van der Waals surface area contributed by atoms with E-state index in [9.17, 15) is 4.79 Å². The predicted molar refractivity (Wildman–Crippen MR) is 57.8 cm³/mol. The van der Waals surface area contributed by atoms with Crippen molar-refractivity contribution in [2.45, 2.75) is 44.2 Å². The third-order valence-electron chi connectivity index (χ3n) is 3.57. The van der Waals surface area contributed by atoms with E-state index in [0.29, 0.717) is 0 Å². The number of nitrogens with one attached hydrogen (secondary N) is 1. The van der Waals surface area contributed by atoms with Crippen molar-refractivity contribution in [3.63, 3.8) is 0 Å². The first-order valence-electron chi connectivity index (χ1n) is 5.88. The van der Waals surface area contributed by atoms with Gasteiger partial charge in [-0.05, 0) is 19.3 Å². The smallest absolute Gasteiger partial charge is 0.407 e. The molecule has 1 aliphatic heterocycles. The Hall–Kier alpha value is -0.770. The average molecular weight is 212 g/mol. The molecule has 1 saturated heterocycles. The lowest BCUT2D eigenvalue weighted by molar-refractivity contribution is 0.165. The highest BCUT2D eigenvalue weighted by molar-refractivity contribution is 5.67. The molecular formula is C11H20N2O2. The van der Waals surface area contributed by atoms with Crippen LogP contribution >= 0.6 is 0 Å². The van der Waals surface area contributed by atoms with E-state index < -0.39 is 0 Å². The van der Waals surface area contributed by atoms with E-state index in [1.165, 1.54) is 32.8 Å². The summed E-state index contributed by atoms with van der Waals surface area (Å²) in [6.45, 7) is 2.12. The van der Waals surface area contributed by atoms with Crippen molar-refractivity contribution in [3.8, 4) is 0 Å². The van der Waals surface area contributed by atoms with Gasteiger partial charge in [0.15, 0.2) is 0 Å². The van der Waals surface area contributed by atoms with Gasteiger partial charge in [-0.25, -0.2) is 4.79 Å². The highest BCUT2D eigenvalue weighted by Crippen LogP contribution is 2.26. The van der Waals surface area contributed by atoms with Crippen LogP contribution in [-0.4, -0.2) is 43.3 Å². The first-order valence-corrected chi connectivity index (χ1v) is 5.88. The van der Waals surface area contributed by atoms with Gasteiger partial charge in [0.25, 0.3) is 0 Å². The highest BCUT2D eigenvalue weighted by atomic mass is 16.5. The van der Waals surface area contributed by atoms with Crippen molar-refractivity contribution in [3.05, 3.63) is 0 Å². The lowest BCUT2D eigenvalue weighted by atomic mass is 10.2. The SMILES string of the molecule is COC(=O)NC1CCN(C2CCCC2)C1. The Kier molecular flexibility index (Phi) is 3.46. The Morgan fingerprint density at radius 3 is 2.73 bits per heavy atom. The molecule has 4 nitrogen and oxygen atoms in total. The molecule has 0 spiro atoms. The number of hydrogen-bond acceptors (Lipinski definition) is 3. The summed E-state index contributed by atoms with van der Waals surface area (Å²) in [4.78, 5) is 13.6. The summed E-state index contributed by atoms with van der Waals surface area (Å²) in [5.74, 6) is 0. The van der Waals surface area contributed by atoms with Gasteiger partial charge in [-0.1, -0.05) is 12.8 Å². The summed E-state index contributed by atoms with van der Waals surface area (Å²) >= 11 is 0. The zero-order chi connectivity index (χ0) is 10.7. The lowest BCUT2D eigenvalue weighted by Crippen LogP contribution is -2.39. The monoisotopic (exact) mass is 212 g/mol. The predicted octanol–water partition coefficient (Wildman–Crippen LogP) is 1.36. The number of methoxy groups -OCH3 is 1. The first-order chi connectivity index (χ1) is 7.29. The fraction of sp³-hybridized carbons (Fsp3) is 0.909. The molecule has 15 heavy (non-hydrogen) atoms. The summed E-state index contributed by atoms with van der Waals surface area (Å²) in [7, 11) is 1.42. The maximum atomic E-state index is 11.0. The van der Waals surface area contributed by atoms with Crippen LogP contribution in [0.2, 0.25) is 0 Å². The Labute approximate surface area is 91.0 Å². The van der Waals surface area contributed by atoms with E-state index in [0.717, 1.165) is 25.6 Å². The number of amides is 1. The van der Waals surface area contributed by atoms with Crippen LogP contribution in [-0.2, 0) is 4.74 Å². The van der Waals surface area contributed by atoms with E-state index in [1.807, 2.05) is 0 Å². The van der Waals surface area contributed by atoms with Crippen LogP contribution < -0.4 is 5.32 Å². The minimum Gasteiger partial charge on any atom is -0.453 e. The molecule has 0 bridgehead atoms. The van der Waals surface area contributed by atoms with Gasteiger partial charge in [-0.15, -0.1) is 0 Å². The number of carbonyl (C=O) groups excluding carboxylic acids is 1. The maximum Gasteiger partial charge on any atom is 0.407 e. The molecule has 1 heterocycles. The van der Waals surface area contributed by atoms with E-state index in [-0.39, 0.29) is 12.1 Å². The van der Waals surface area contributed by atoms with Crippen LogP contribution in [0.3, 0.4) is 0 Å². The molecule has 1 N–H and O–H groups in total. The second-order valence-corrected chi connectivity index (χ2v) is 4.55. The molecule has 0 aromatic rings. The summed E-state index contributed by atoms with van der Waals surface area (Å²) in [5.41, 5.74) is 0. The van der Waals surface area contributed by atoms with Gasteiger partial charge in [0.1, 0.15) is 0 Å². The van der Waals surface area contributed by atoms with Gasteiger partial charge in [0.2, 0.25) is 0 Å². The molecule has 1 aliphatic carbocycles. The van der Waals surface area contributed by atoms with Crippen molar-refractivity contribution in [2.24, 2.45) is 0 Å². The average Bonchev–Trinajstić information content (AvgIpc) is 2.85. The van der Waals surface area contributed by atoms with Gasteiger partial charge in [-0.3, -0.25) is 4.90 Å². The number of rotatable bonds is 2. The first kappa shape index (κ1) is 10.7. The summed E-state index contributed by atoms with van der Waals surface area (Å²) in [6, 6.07) is 1.06. The van der Waals surface area contributed by atoms with Crippen molar-refractivity contribution in [1.82, 2.24) is 10.2 Å². The maximum absolute atomic E-state index is 11.0. The van der Waals surface area contributed by atoms with Crippen LogP contribution in [0, 0.1) is 0 Å². The summed E-state index contributed by atoms with van der Waals surface area (Å²) in [5, 5.41) is 2.88. The fourth-order valence-electron chi connectivity index (χ4n) is 2.73. The Balaban J connectivity index is 1.76. The molecular weight excluding hydrogens is 192 g/mol. The van der Waals surface area contributed by atoms with Gasteiger partial charge >= 0.3 is 6.09 Å². The van der Waals surface area contributed by atoms with E-state index in [2.05, 4.69) is 15.0 Å². The number of hydrogen-bond donors (Lipinski definition) is 1. The van der Waals surface area contributed by atoms with Gasteiger partial charge < -0.3 is 10.1 Å². The summed E-state index contributed by atoms with van der Waals surface area (Å²) in [6.07, 6.45) is 6.18. The normalized spacial score (nSPS) is 28.2. The number of ether oxygens (including phenoxy) is 1. The number of likely N-dealkylation sites (tertiary alicyclic amines) is 1. The van der Waals surface area contributed by atoms with Crippen LogP contribution in [0.4, 0.5) is 4.79 Å². The molecule has 1 unspecified atom stereocenters. The Bertz CT molecular complexity index is 227. The topological polar surface area (TPSA) is 41.6 Å². The van der Waals surface area contributed by atoms with Crippen LogP contribution in [0.1, 0.15) is 32.1 Å². The Morgan fingerprint density at radius 2 is 2.07 bits per heavy atom. The van der Waals surface area contributed by atoms with Crippen molar-refractivity contribution >= 4 is 6.09 Å². The molecule has 2 aliphatic rings. The molecule has 4 heteroatoms. The standard InChI is InChI=1S/C11H20N2O2/c1-15-11(14)12-9-6-7-13(8-9)10-4-2-3-5-10/h9-10H,2-8H2,1H3,(H,12,14). The molecule has 1 amide bonds. The highest BCUT2D eigenvalue weighted by Gasteiger charge is 2.30. The molecule has 0 aromatic carbocycles. The zero-order valence-corrected chi connectivity index (χ0v) is 9.37. The van der Waals surface area contributed by atoms with E-state index in [4.69, 9.17) is 0 Å². The molecule has 0 aromatic heterocycles. The molecule has 2 fully saturated rings. The van der Waals surface area contributed by atoms with Crippen LogP contribution in [0.15, 0.2) is 0 Å². The third kappa shape index (κ3) is 2.62. The Morgan fingerprint density at radius 1 is 1.33 bits per heavy atom. The molecule has 86 valence electrons. The minimum absolute atomic E-state index is 0.290. The van der Waals surface area contributed by atoms with Crippen molar-refractivity contribution in [1.29, 1.82) is 0 Å². The summed E-state index contributed by atoms with van der Waals surface area (Å²) < 4.78 is 4.60. The van der Waals surface area contributed by atoms with E-state index >= 15 is 0 Å². The molecule has 0 radical (unpaired) electrons. The number of alkyl carbamates (subject to hydrolysis) is 1. The van der Waals surface area contributed by atoms with Crippen LogP contribution in [0.5, 0.6) is 0 Å². The quantitative estimate of drug-likeness (QED) is 0.751. The van der Waals surface area contributed by atoms with Gasteiger partial charge in [-0.2, -0.15) is 0 Å². The second kappa shape index (κ2) is 4.84. The minimum atomic E-state index is -0.298. The third-order valence-corrected chi connectivity index (χ3v) is 3.57.